The summed E-state index contributed by atoms with van der Waals surface area (Å²) in [5.41, 5.74) is 0.596. The van der Waals surface area contributed by atoms with Gasteiger partial charge in [0.1, 0.15) is 0 Å². The Kier molecular flexibility index (Phi) is 1.54. The Morgan fingerprint density at radius 1 is 1.18 bits per heavy atom. The third-order valence-corrected chi connectivity index (χ3v) is 3.39. The third kappa shape index (κ3) is 1.10. The first kappa shape index (κ1) is 7.60. The lowest BCUT2D eigenvalue weighted by molar-refractivity contribution is -0.0422. The molecule has 2 aliphatic rings. The van der Waals surface area contributed by atoms with Gasteiger partial charge in [-0.25, -0.2) is 0 Å². The first-order chi connectivity index (χ1) is 5.18. The highest BCUT2D eigenvalue weighted by Gasteiger charge is 2.51. The summed E-state index contributed by atoms with van der Waals surface area (Å²) in [6, 6.07) is 0. The van der Waals surface area contributed by atoms with E-state index in [2.05, 4.69) is 13.8 Å². The van der Waals surface area contributed by atoms with Crippen LogP contribution in [0.3, 0.4) is 0 Å². The van der Waals surface area contributed by atoms with Crippen LogP contribution in [0.5, 0.6) is 0 Å². The number of fused-ring (bicyclic) bond motifs is 2. The second-order valence-electron chi connectivity index (χ2n) is 4.48. The van der Waals surface area contributed by atoms with Gasteiger partial charge in [-0.1, -0.05) is 13.3 Å². The molecule has 0 radical (unpaired) electrons. The van der Waals surface area contributed by atoms with Gasteiger partial charge in [-0.05, 0) is 39.0 Å². The van der Waals surface area contributed by atoms with Crippen LogP contribution in [0, 0.1) is 0 Å². The lowest BCUT2D eigenvalue weighted by atomic mass is 9.81. The molecule has 1 heteroatoms. The minimum absolute atomic E-state index is 0.273. The summed E-state index contributed by atoms with van der Waals surface area (Å²) in [6.07, 6.45) is 7.79. The summed E-state index contributed by atoms with van der Waals surface area (Å²) < 4.78 is 6.09. The number of hydrogen-bond donors (Lipinski definition) is 0. The highest BCUT2D eigenvalue weighted by molar-refractivity contribution is 5.02. The average molecular weight is 154 g/mol. The molecule has 0 atom stereocenters. The number of ether oxygens (including phenoxy) is 1. The maximum Gasteiger partial charge on any atom is 0.0692 e. The Morgan fingerprint density at radius 3 is 2.18 bits per heavy atom. The van der Waals surface area contributed by atoms with Crippen molar-refractivity contribution < 1.29 is 4.74 Å². The first-order valence-corrected chi connectivity index (χ1v) is 4.88. The predicted octanol–water partition coefficient (Wildman–Crippen LogP) is 2.89. The van der Waals surface area contributed by atoms with Gasteiger partial charge in [-0.2, -0.15) is 0 Å². The van der Waals surface area contributed by atoms with E-state index in [1.54, 1.807) is 0 Å². The Hall–Kier alpha value is -0.0400. The van der Waals surface area contributed by atoms with E-state index >= 15 is 0 Å². The molecular formula is C10H18O. The fourth-order valence-electron chi connectivity index (χ4n) is 2.72. The summed E-state index contributed by atoms with van der Waals surface area (Å²) >= 11 is 0. The molecule has 0 aromatic carbocycles. The minimum atomic E-state index is 0.273. The first-order valence-electron chi connectivity index (χ1n) is 4.88. The minimum Gasteiger partial charge on any atom is -0.369 e. The molecule has 2 aliphatic heterocycles. The Balaban J connectivity index is 2.08. The van der Waals surface area contributed by atoms with Crippen molar-refractivity contribution >= 4 is 0 Å². The summed E-state index contributed by atoms with van der Waals surface area (Å²) in [5.74, 6) is 0. The van der Waals surface area contributed by atoms with Crippen LogP contribution in [0.2, 0.25) is 0 Å². The van der Waals surface area contributed by atoms with Crippen LogP contribution in [-0.2, 0) is 4.74 Å². The Labute approximate surface area is 69.1 Å². The van der Waals surface area contributed by atoms with Crippen LogP contribution in [0.1, 0.15) is 52.4 Å². The van der Waals surface area contributed by atoms with Gasteiger partial charge in [0.15, 0.2) is 0 Å². The highest BCUT2D eigenvalue weighted by atomic mass is 16.5. The van der Waals surface area contributed by atoms with Crippen molar-refractivity contribution in [2.24, 2.45) is 0 Å². The van der Waals surface area contributed by atoms with Crippen LogP contribution in [0.4, 0.5) is 0 Å². The molecule has 2 heterocycles. The largest absolute Gasteiger partial charge is 0.369 e. The fraction of sp³-hybridized carbons (Fsp3) is 1.00. The van der Waals surface area contributed by atoms with Gasteiger partial charge in [-0.15, -0.1) is 0 Å². The summed E-state index contributed by atoms with van der Waals surface area (Å²) in [6.45, 7) is 4.53. The van der Waals surface area contributed by atoms with Crippen molar-refractivity contribution in [1.29, 1.82) is 0 Å². The molecule has 0 saturated carbocycles. The van der Waals surface area contributed by atoms with Gasteiger partial charge in [0.2, 0.25) is 0 Å². The fourth-order valence-corrected chi connectivity index (χ4v) is 2.72. The molecule has 1 nitrogen and oxygen atoms in total. The standard InChI is InChI=1S/C10H18O/c1-3-4-10-7-5-9(2,11-10)6-8-10/h3-8H2,1-2H3. The molecule has 0 aromatic heterocycles. The molecule has 2 rings (SSSR count). The average Bonchev–Trinajstić information content (AvgIpc) is 2.42. The van der Waals surface area contributed by atoms with E-state index in [1.165, 1.54) is 38.5 Å². The lowest BCUT2D eigenvalue weighted by Gasteiger charge is -2.23. The van der Waals surface area contributed by atoms with Gasteiger partial charge in [-0.3, -0.25) is 0 Å². The van der Waals surface area contributed by atoms with Crippen molar-refractivity contribution in [2.45, 2.75) is 63.6 Å². The molecule has 0 amide bonds. The maximum absolute atomic E-state index is 6.09. The van der Waals surface area contributed by atoms with Gasteiger partial charge in [0, 0.05) is 0 Å². The zero-order chi connectivity index (χ0) is 7.95. The van der Waals surface area contributed by atoms with E-state index in [0.717, 1.165) is 0 Å². The van der Waals surface area contributed by atoms with E-state index in [-0.39, 0.29) is 5.60 Å². The van der Waals surface area contributed by atoms with Crippen molar-refractivity contribution in [3.63, 3.8) is 0 Å². The second kappa shape index (κ2) is 2.22. The van der Waals surface area contributed by atoms with Gasteiger partial charge >= 0.3 is 0 Å². The smallest absolute Gasteiger partial charge is 0.0692 e. The molecule has 2 saturated heterocycles. The van der Waals surface area contributed by atoms with E-state index in [4.69, 9.17) is 4.74 Å². The molecule has 11 heavy (non-hydrogen) atoms. The van der Waals surface area contributed by atoms with E-state index in [0.29, 0.717) is 5.60 Å². The van der Waals surface area contributed by atoms with Crippen molar-refractivity contribution in [1.82, 2.24) is 0 Å². The van der Waals surface area contributed by atoms with Gasteiger partial charge < -0.3 is 4.74 Å². The van der Waals surface area contributed by atoms with E-state index < -0.39 is 0 Å². The molecule has 0 aromatic rings. The number of hydrogen-bond acceptors (Lipinski definition) is 1. The third-order valence-electron chi connectivity index (χ3n) is 3.39. The molecule has 2 fully saturated rings. The lowest BCUT2D eigenvalue weighted by Crippen LogP contribution is -2.23. The zero-order valence-corrected chi connectivity index (χ0v) is 7.65. The molecule has 0 aliphatic carbocycles. The maximum atomic E-state index is 6.09. The summed E-state index contributed by atoms with van der Waals surface area (Å²) in [7, 11) is 0. The molecule has 0 N–H and O–H groups in total. The molecular weight excluding hydrogens is 136 g/mol. The molecule has 2 bridgehead atoms. The summed E-state index contributed by atoms with van der Waals surface area (Å²) in [4.78, 5) is 0. The van der Waals surface area contributed by atoms with Gasteiger partial charge in [0.25, 0.3) is 0 Å². The van der Waals surface area contributed by atoms with Crippen LogP contribution in [0.25, 0.3) is 0 Å². The van der Waals surface area contributed by atoms with Crippen molar-refractivity contribution in [3.05, 3.63) is 0 Å². The van der Waals surface area contributed by atoms with Gasteiger partial charge in [0.05, 0.1) is 11.2 Å². The summed E-state index contributed by atoms with van der Waals surface area (Å²) in [5, 5.41) is 0. The van der Waals surface area contributed by atoms with Crippen LogP contribution < -0.4 is 0 Å². The Bertz CT molecular complexity index is 149. The normalized spacial score (nSPS) is 48.5. The number of rotatable bonds is 2. The van der Waals surface area contributed by atoms with Crippen molar-refractivity contribution in [3.8, 4) is 0 Å². The Morgan fingerprint density at radius 2 is 1.82 bits per heavy atom. The highest BCUT2D eigenvalue weighted by Crippen LogP contribution is 2.52. The predicted molar refractivity (Wildman–Crippen MR) is 45.6 cm³/mol. The molecule has 0 unspecified atom stereocenters. The quantitative estimate of drug-likeness (QED) is 0.594. The van der Waals surface area contributed by atoms with E-state index in [1.807, 2.05) is 0 Å². The second-order valence-corrected chi connectivity index (χ2v) is 4.48. The zero-order valence-electron chi connectivity index (χ0n) is 7.65. The monoisotopic (exact) mass is 154 g/mol. The topological polar surface area (TPSA) is 9.23 Å². The van der Waals surface area contributed by atoms with Crippen LogP contribution >= 0.6 is 0 Å². The van der Waals surface area contributed by atoms with E-state index in [9.17, 15) is 0 Å². The SMILES string of the molecule is CCCC12CCC(C)(CC1)O2. The molecule has 64 valence electrons. The molecule has 0 spiro atoms. The van der Waals surface area contributed by atoms with Crippen LogP contribution in [0.15, 0.2) is 0 Å². The van der Waals surface area contributed by atoms with Crippen LogP contribution in [-0.4, -0.2) is 11.2 Å². The van der Waals surface area contributed by atoms with Crippen molar-refractivity contribution in [2.75, 3.05) is 0 Å².